The minimum absolute atomic E-state index is 0.0247. The van der Waals surface area contributed by atoms with E-state index in [1.807, 2.05) is 53.4 Å². The van der Waals surface area contributed by atoms with Gasteiger partial charge in [-0.1, -0.05) is 103 Å². The van der Waals surface area contributed by atoms with Crippen LogP contribution in [-0.2, 0) is 16.0 Å². The zero-order valence-corrected chi connectivity index (χ0v) is 25.9. The third kappa shape index (κ3) is 8.70. The zero-order valence-electron chi connectivity index (χ0n) is 25.9. The van der Waals surface area contributed by atoms with Crippen molar-refractivity contribution < 1.29 is 9.59 Å². The molecule has 5 rings (SSSR count). The number of nitrogens with two attached hydrogens (primary N) is 1. The average molecular weight is 605 g/mol. The Bertz CT molecular complexity index is 1540. The molecule has 8 heteroatoms. The molecule has 4 aromatic rings. The smallest absolute Gasteiger partial charge is 0.239 e. The summed E-state index contributed by atoms with van der Waals surface area (Å²) in [5, 5.41) is 19.6. The molecular weight excluding hydrogens is 560 g/mol. The maximum atomic E-state index is 14.3. The molecule has 0 bridgehead atoms. The summed E-state index contributed by atoms with van der Waals surface area (Å²) in [5.41, 5.74) is 8.98. The van der Waals surface area contributed by atoms with Crippen LogP contribution >= 0.6 is 0 Å². The summed E-state index contributed by atoms with van der Waals surface area (Å²) in [6.07, 6.45) is 2.59. The second-order valence-corrected chi connectivity index (χ2v) is 11.9. The van der Waals surface area contributed by atoms with Gasteiger partial charge in [0.15, 0.2) is 5.96 Å². The molecule has 0 radical (unpaired) electrons. The summed E-state index contributed by atoms with van der Waals surface area (Å²) in [5.74, 6) is -0.0871. The lowest BCUT2D eigenvalue weighted by atomic mass is 9.90. The second-order valence-electron chi connectivity index (χ2n) is 11.9. The van der Waals surface area contributed by atoms with E-state index in [4.69, 9.17) is 11.1 Å². The molecule has 0 spiro atoms. The number of nitrogens with zero attached hydrogens (tertiary/aromatic N) is 1. The van der Waals surface area contributed by atoms with Gasteiger partial charge in [-0.05, 0) is 53.1 Å². The number of guanidine groups is 1. The van der Waals surface area contributed by atoms with Gasteiger partial charge < -0.3 is 26.6 Å². The number of carbonyl (C=O) groups excluding carboxylic acids is 2. The lowest BCUT2D eigenvalue weighted by molar-refractivity contribution is -0.133. The predicted molar refractivity (Wildman–Crippen MR) is 181 cm³/mol. The van der Waals surface area contributed by atoms with Crippen LogP contribution in [0.3, 0.4) is 0 Å². The number of hydrogen-bond donors (Lipinski definition) is 5. The highest BCUT2D eigenvalue weighted by molar-refractivity contribution is 5.83. The molecule has 2 amide bonds. The van der Waals surface area contributed by atoms with Gasteiger partial charge in [-0.3, -0.25) is 15.0 Å². The van der Waals surface area contributed by atoms with Crippen LogP contribution in [0, 0.1) is 5.41 Å². The first-order valence-corrected chi connectivity index (χ1v) is 15.8. The van der Waals surface area contributed by atoms with E-state index in [9.17, 15) is 9.59 Å². The molecule has 8 nitrogen and oxygen atoms in total. The van der Waals surface area contributed by atoms with Crippen LogP contribution in [0.2, 0.25) is 0 Å². The van der Waals surface area contributed by atoms with Gasteiger partial charge in [0.1, 0.15) is 0 Å². The number of benzene rings is 4. The van der Waals surface area contributed by atoms with E-state index in [-0.39, 0.29) is 35.8 Å². The van der Waals surface area contributed by atoms with Crippen LogP contribution < -0.4 is 21.7 Å². The number of fused-ring (bicyclic) bond motifs is 1. The largest absolute Gasteiger partial charge is 0.370 e. The molecule has 0 unspecified atom stereocenters. The molecule has 1 heterocycles. The monoisotopic (exact) mass is 604 g/mol. The minimum Gasteiger partial charge on any atom is -0.370 e. The summed E-state index contributed by atoms with van der Waals surface area (Å²) in [7, 11) is 0. The molecule has 0 saturated carbocycles. The third-order valence-corrected chi connectivity index (χ3v) is 8.67. The Morgan fingerprint density at radius 3 is 2.24 bits per heavy atom. The Morgan fingerprint density at radius 1 is 0.956 bits per heavy atom. The van der Waals surface area contributed by atoms with Gasteiger partial charge >= 0.3 is 0 Å². The van der Waals surface area contributed by atoms with Gasteiger partial charge in [0.2, 0.25) is 11.8 Å². The number of rotatable bonds is 12. The maximum absolute atomic E-state index is 14.3. The van der Waals surface area contributed by atoms with Crippen molar-refractivity contribution >= 4 is 28.5 Å². The molecular formula is C37H44N6O2. The molecule has 45 heavy (non-hydrogen) atoms. The maximum Gasteiger partial charge on any atom is 0.239 e. The highest BCUT2D eigenvalue weighted by Crippen LogP contribution is 2.28. The SMILES string of the molecule is CC(=O)N[C@@H](Cc1ccc2ccccc2c1)[C@@H]1CCN(CC(c2ccccc2)c2ccccc2)C(=O)[C@H](CCCNC(=N)N)N1. The number of nitrogens with one attached hydrogen (secondary N) is 4. The lowest BCUT2D eigenvalue weighted by Gasteiger charge is -2.30. The Hall–Kier alpha value is -4.69. The van der Waals surface area contributed by atoms with Gasteiger partial charge in [-0.2, -0.15) is 0 Å². The third-order valence-electron chi connectivity index (χ3n) is 8.67. The Kier molecular flexibility index (Phi) is 10.8. The predicted octanol–water partition coefficient (Wildman–Crippen LogP) is 4.54. The van der Waals surface area contributed by atoms with Crippen molar-refractivity contribution in [2.45, 2.75) is 56.7 Å². The van der Waals surface area contributed by atoms with Crippen LogP contribution in [0.4, 0.5) is 0 Å². The zero-order chi connectivity index (χ0) is 31.6. The summed E-state index contributed by atoms with van der Waals surface area (Å²) in [6.45, 7) is 3.19. The quantitative estimate of drug-likeness (QED) is 0.0923. The highest BCUT2D eigenvalue weighted by Gasteiger charge is 2.35. The molecule has 0 aromatic heterocycles. The molecule has 1 aliphatic heterocycles. The fraction of sp³-hybridized carbons (Fsp3) is 0.324. The highest BCUT2D eigenvalue weighted by atomic mass is 16.2. The van der Waals surface area contributed by atoms with Gasteiger partial charge in [0.25, 0.3) is 0 Å². The molecule has 1 aliphatic rings. The lowest BCUT2D eigenvalue weighted by Crippen LogP contribution is -2.54. The Morgan fingerprint density at radius 2 is 1.60 bits per heavy atom. The first-order valence-electron chi connectivity index (χ1n) is 15.8. The molecule has 6 N–H and O–H groups in total. The molecule has 3 atom stereocenters. The van der Waals surface area contributed by atoms with Crippen LogP contribution in [0.25, 0.3) is 10.8 Å². The van der Waals surface area contributed by atoms with Crippen molar-refractivity contribution in [2.24, 2.45) is 5.73 Å². The standard InChI is InChI=1S/C37H44N6O2/c1-26(44)41-35(24-27-18-19-28-11-8-9-16-31(28)23-27)33-20-22-43(36(45)34(42-33)17-10-21-40-37(38)39)25-32(29-12-4-2-5-13-29)30-14-6-3-7-15-30/h2-9,11-16,18-19,23,32-35,42H,10,17,20-22,24-25H2,1H3,(H,41,44)(H4,38,39,40)/t33-,34-,35-/m0/s1. The minimum atomic E-state index is -0.439. The van der Waals surface area contributed by atoms with Crippen LogP contribution in [0.1, 0.15) is 48.8 Å². The van der Waals surface area contributed by atoms with E-state index in [1.54, 1.807) is 6.92 Å². The van der Waals surface area contributed by atoms with Crippen LogP contribution in [0.5, 0.6) is 0 Å². The van der Waals surface area contributed by atoms with E-state index in [0.29, 0.717) is 45.3 Å². The summed E-state index contributed by atoms with van der Waals surface area (Å²) >= 11 is 0. The van der Waals surface area contributed by atoms with E-state index in [2.05, 4.69) is 70.5 Å². The van der Waals surface area contributed by atoms with Gasteiger partial charge in [0, 0.05) is 44.6 Å². The summed E-state index contributed by atoms with van der Waals surface area (Å²) < 4.78 is 0. The number of carbonyl (C=O) groups is 2. The van der Waals surface area contributed by atoms with Crippen molar-refractivity contribution in [3.05, 3.63) is 120 Å². The van der Waals surface area contributed by atoms with E-state index >= 15 is 0 Å². The molecule has 4 aromatic carbocycles. The van der Waals surface area contributed by atoms with Crippen molar-refractivity contribution in [3.63, 3.8) is 0 Å². The van der Waals surface area contributed by atoms with Crippen molar-refractivity contribution in [2.75, 3.05) is 19.6 Å². The number of amides is 2. The van der Waals surface area contributed by atoms with E-state index < -0.39 is 6.04 Å². The number of hydrogen-bond acceptors (Lipinski definition) is 4. The van der Waals surface area contributed by atoms with Crippen molar-refractivity contribution in [1.82, 2.24) is 20.9 Å². The van der Waals surface area contributed by atoms with Gasteiger partial charge in [-0.25, -0.2) is 0 Å². The Balaban J connectivity index is 1.41. The van der Waals surface area contributed by atoms with Crippen molar-refractivity contribution in [1.29, 1.82) is 5.41 Å². The normalized spacial score (nSPS) is 17.6. The molecule has 1 fully saturated rings. The van der Waals surface area contributed by atoms with Gasteiger partial charge in [0.05, 0.1) is 6.04 Å². The second kappa shape index (κ2) is 15.3. The fourth-order valence-electron chi connectivity index (χ4n) is 6.44. The first kappa shape index (κ1) is 31.7. The summed E-state index contributed by atoms with van der Waals surface area (Å²) in [6, 6.07) is 34.7. The Labute approximate surface area is 265 Å². The first-order chi connectivity index (χ1) is 21.9. The molecule has 0 aliphatic carbocycles. The topological polar surface area (TPSA) is 123 Å². The molecule has 1 saturated heterocycles. The molecule has 234 valence electrons. The van der Waals surface area contributed by atoms with Crippen LogP contribution in [0.15, 0.2) is 103 Å². The van der Waals surface area contributed by atoms with Gasteiger partial charge in [-0.15, -0.1) is 0 Å². The van der Waals surface area contributed by atoms with Crippen molar-refractivity contribution in [3.8, 4) is 0 Å². The van der Waals surface area contributed by atoms with E-state index in [1.165, 1.54) is 16.5 Å². The summed E-state index contributed by atoms with van der Waals surface area (Å²) in [4.78, 5) is 28.7. The fourth-order valence-corrected chi connectivity index (χ4v) is 6.44. The van der Waals surface area contributed by atoms with E-state index in [0.717, 1.165) is 10.9 Å². The van der Waals surface area contributed by atoms with Crippen LogP contribution in [-0.4, -0.2) is 60.4 Å². The average Bonchev–Trinajstić information content (AvgIpc) is 3.20.